The molecule has 1 rings (SSSR count). The zero-order valence-corrected chi connectivity index (χ0v) is 14.2. The van der Waals surface area contributed by atoms with E-state index in [2.05, 4.69) is 50.9 Å². The lowest BCUT2D eigenvalue weighted by Gasteiger charge is -2.39. The number of hydrogen-bond acceptors (Lipinski definition) is 4. The van der Waals surface area contributed by atoms with Crippen molar-refractivity contribution in [2.45, 2.75) is 52.6 Å². The van der Waals surface area contributed by atoms with Gasteiger partial charge in [0.15, 0.2) is 0 Å². The van der Waals surface area contributed by atoms with Crippen molar-refractivity contribution >= 4 is 24.4 Å². The molecule has 4 nitrogen and oxygen atoms in total. The SMILES string of the molecule is CC(CC(=O)C1C(C)C=CCC1(C)C)N[C@@H](CS)C(=O)O. The van der Waals surface area contributed by atoms with Gasteiger partial charge in [0, 0.05) is 24.1 Å². The van der Waals surface area contributed by atoms with Crippen LogP contribution in [0.2, 0.25) is 0 Å². The maximum absolute atomic E-state index is 12.6. The van der Waals surface area contributed by atoms with Crippen molar-refractivity contribution in [1.29, 1.82) is 0 Å². The molecule has 0 fully saturated rings. The Labute approximate surface area is 132 Å². The molecule has 0 radical (unpaired) electrons. The highest BCUT2D eigenvalue weighted by molar-refractivity contribution is 7.80. The number of aliphatic carboxylic acids is 1. The van der Waals surface area contributed by atoms with Crippen LogP contribution >= 0.6 is 12.6 Å². The maximum Gasteiger partial charge on any atom is 0.321 e. The first-order valence-corrected chi connectivity index (χ1v) is 8.11. The Balaban J connectivity index is 2.67. The summed E-state index contributed by atoms with van der Waals surface area (Å²) in [4.78, 5) is 23.6. The average Bonchev–Trinajstić information content (AvgIpc) is 2.33. The molecule has 21 heavy (non-hydrogen) atoms. The number of carboxylic acids is 1. The fourth-order valence-electron chi connectivity index (χ4n) is 3.30. The molecule has 1 aliphatic carbocycles. The topological polar surface area (TPSA) is 66.4 Å². The van der Waals surface area contributed by atoms with Crippen LogP contribution in [0.1, 0.15) is 40.5 Å². The normalized spacial score (nSPS) is 27.1. The van der Waals surface area contributed by atoms with Gasteiger partial charge in [0.1, 0.15) is 11.8 Å². The van der Waals surface area contributed by atoms with Crippen LogP contribution < -0.4 is 5.32 Å². The third-order valence-corrected chi connectivity index (χ3v) is 4.64. The molecule has 0 aromatic carbocycles. The summed E-state index contributed by atoms with van der Waals surface area (Å²) in [5.74, 6) is -0.291. The average molecular weight is 313 g/mol. The number of carbonyl (C=O) groups excluding carboxylic acids is 1. The number of thiol groups is 1. The van der Waals surface area contributed by atoms with E-state index in [0.717, 1.165) is 6.42 Å². The molecule has 0 aliphatic heterocycles. The Morgan fingerprint density at radius 3 is 2.57 bits per heavy atom. The molecule has 0 aromatic rings. The summed E-state index contributed by atoms with van der Waals surface area (Å²) in [5, 5.41) is 12.0. The van der Waals surface area contributed by atoms with Gasteiger partial charge < -0.3 is 10.4 Å². The first-order valence-electron chi connectivity index (χ1n) is 7.48. The minimum atomic E-state index is -0.932. The van der Waals surface area contributed by atoms with Gasteiger partial charge in [-0.25, -0.2) is 0 Å². The molecule has 0 saturated heterocycles. The van der Waals surface area contributed by atoms with Gasteiger partial charge in [-0.1, -0.05) is 32.9 Å². The number of ketones is 1. The van der Waals surface area contributed by atoms with Crippen molar-refractivity contribution in [3.8, 4) is 0 Å². The Morgan fingerprint density at radius 1 is 1.48 bits per heavy atom. The molecule has 4 atom stereocenters. The second-order valence-corrected chi connectivity index (χ2v) is 7.13. The van der Waals surface area contributed by atoms with Gasteiger partial charge in [-0.2, -0.15) is 12.6 Å². The van der Waals surface area contributed by atoms with E-state index in [4.69, 9.17) is 5.11 Å². The summed E-state index contributed by atoms with van der Waals surface area (Å²) in [6, 6.07) is -0.882. The number of Topliss-reactive ketones (excluding diaryl/α,β-unsaturated/α-hetero) is 1. The van der Waals surface area contributed by atoms with E-state index >= 15 is 0 Å². The van der Waals surface area contributed by atoms with Crippen LogP contribution in [0, 0.1) is 17.3 Å². The molecule has 0 saturated carbocycles. The summed E-state index contributed by atoms with van der Waals surface area (Å²) >= 11 is 4.03. The minimum absolute atomic E-state index is 0.00831. The first-order chi connectivity index (χ1) is 9.69. The molecule has 0 bridgehead atoms. The van der Waals surface area contributed by atoms with E-state index < -0.39 is 12.0 Å². The fraction of sp³-hybridized carbons (Fsp3) is 0.750. The Bertz CT molecular complexity index is 420. The van der Waals surface area contributed by atoms with Crippen molar-refractivity contribution in [3.05, 3.63) is 12.2 Å². The molecule has 0 heterocycles. The van der Waals surface area contributed by atoms with Crippen LogP contribution in [0.4, 0.5) is 0 Å². The van der Waals surface area contributed by atoms with E-state index in [1.54, 1.807) is 0 Å². The predicted octanol–water partition coefficient (Wildman–Crippen LogP) is 2.55. The number of rotatable bonds is 7. The van der Waals surface area contributed by atoms with Crippen LogP contribution in [0.5, 0.6) is 0 Å². The molecular weight excluding hydrogens is 286 g/mol. The number of carboxylic acid groups (broad SMARTS) is 1. The highest BCUT2D eigenvalue weighted by Crippen LogP contribution is 2.41. The van der Waals surface area contributed by atoms with Gasteiger partial charge in [-0.15, -0.1) is 0 Å². The third kappa shape index (κ3) is 4.85. The molecular formula is C16H27NO3S. The largest absolute Gasteiger partial charge is 0.480 e. The smallest absolute Gasteiger partial charge is 0.321 e. The van der Waals surface area contributed by atoms with Crippen LogP contribution in [0.3, 0.4) is 0 Å². The zero-order valence-electron chi connectivity index (χ0n) is 13.3. The molecule has 2 N–H and O–H groups in total. The van der Waals surface area contributed by atoms with E-state index in [1.165, 1.54) is 0 Å². The summed E-state index contributed by atoms with van der Waals surface area (Å²) in [7, 11) is 0. The fourth-order valence-corrected chi connectivity index (χ4v) is 3.56. The molecule has 120 valence electrons. The summed E-state index contributed by atoms with van der Waals surface area (Å²) in [5.41, 5.74) is -0.0410. The Hall–Kier alpha value is -0.810. The van der Waals surface area contributed by atoms with Crippen LogP contribution in [0.25, 0.3) is 0 Å². The van der Waals surface area contributed by atoms with E-state index in [9.17, 15) is 9.59 Å². The number of allylic oxidation sites excluding steroid dienone is 2. The summed E-state index contributed by atoms with van der Waals surface area (Å²) < 4.78 is 0. The van der Waals surface area contributed by atoms with Crippen molar-refractivity contribution in [1.82, 2.24) is 5.32 Å². The van der Waals surface area contributed by atoms with Gasteiger partial charge >= 0.3 is 5.97 Å². The Morgan fingerprint density at radius 2 is 2.10 bits per heavy atom. The van der Waals surface area contributed by atoms with E-state index in [0.29, 0.717) is 6.42 Å². The monoisotopic (exact) mass is 313 g/mol. The van der Waals surface area contributed by atoms with Crippen molar-refractivity contribution in [3.63, 3.8) is 0 Å². The number of hydrogen-bond donors (Lipinski definition) is 3. The third-order valence-electron chi connectivity index (χ3n) is 4.27. The van der Waals surface area contributed by atoms with Gasteiger partial charge in [0.05, 0.1) is 0 Å². The quantitative estimate of drug-likeness (QED) is 0.499. The Kier molecular flexibility index (Phi) is 6.47. The number of nitrogens with one attached hydrogen (secondary N) is 1. The maximum atomic E-state index is 12.6. The van der Waals surface area contributed by atoms with E-state index in [1.807, 2.05) is 6.92 Å². The lowest BCUT2D eigenvalue weighted by molar-refractivity contribution is -0.139. The molecule has 0 amide bonds. The van der Waals surface area contributed by atoms with E-state index in [-0.39, 0.29) is 34.8 Å². The number of carbonyl (C=O) groups is 2. The molecule has 0 spiro atoms. The van der Waals surface area contributed by atoms with Crippen molar-refractivity contribution in [2.24, 2.45) is 17.3 Å². The van der Waals surface area contributed by atoms with Crippen LogP contribution in [0.15, 0.2) is 12.2 Å². The summed E-state index contributed by atoms with van der Waals surface area (Å²) in [6.45, 7) is 8.18. The molecule has 3 unspecified atom stereocenters. The predicted molar refractivity (Wildman–Crippen MR) is 87.7 cm³/mol. The standard InChI is InChI=1S/C16H27NO3S/c1-10-6-5-7-16(3,4)14(10)13(18)8-11(2)17-12(9-21)15(19)20/h5-6,10-12,14,17,21H,7-9H2,1-4H3,(H,19,20)/t10?,11?,12-,14?/m0/s1. The zero-order chi connectivity index (χ0) is 16.2. The van der Waals surface area contributed by atoms with Gasteiger partial charge in [0.25, 0.3) is 0 Å². The van der Waals surface area contributed by atoms with Gasteiger partial charge in [-0.05, 0) is 24.7 Å². The second kappa shape index (κ2) is 7.45. The highest BCUT2D eigenvalue weighted by Gasteiger charge is 2.39. The van der Waals surface area contributed by atoms with Crippen molar-refractivity contribution < 1.29 is 14.7 Å². The van der Waals surface area contributed by atoms with Gasteiger partial charge in [-0.3, -0.25) is 9.59 Å². The molecule has 0 aromatic heterocycles. The molecule has 1 aliphatic rings. The molecule has 5 heteroatoms. The van der Waals surface area contributed by atoms with Crippen molar-refractivity contribution in [2.75, 3.05) is 5.75 Å². The first kappa shape index (κ1) is 18.2. The highest BCUT2D eigenvalue weighted by atomic mass is 32.1. The van der Waals surface area contributed by atoms with Crippen LogP contribution in [-0.4, -0.2) is 34.7 Å². The lowest BCUT2D eigenvalue weighted by Crippen LogP contribution is -2.46. The minimum Gasteiger partial charge on any atom is -0.480 e. The second-order valence-electron chi connectivity index (χ2n) is 6.77. The summed E-state index contributed by atoms with van der Waals surface area (Å²) in [6.07, 6.45) is 5.52. The van der Waals surface area contributed by atoms with Crippen LogP contribution in [-0.2, 0) is 9.59 Å². The lowest BCUT2D eigenvalue weighted by atomic mass is 9.64. The van der Waals surface area contributed by atoms with Gasteiger partial charge in [0.2, 0.25) is 0 Å².